The highest BCUT2D eigenvalue weighted by atomic mass is 19.1. The van der Waals surface area contributed by atoms with E-state index in [0.29, 0.717) is 36.8 Å². The van der Waals surface area contributed by atoms with E-state index >= 15 is 0 Å². The molecule has 3 heterocycles. The molecule has 0 radical (unpaired) electrons. The van der Waals surface area contributed by atoms with Crippen LogP contribution < -0.4 is 10.1 Å². The van der Waals surface area contributed by atoms with E-state index < -0.39 is 12.6 Å². The smallest absolute Gasteiger partial charge is 0.275 e. The summed E-state index contributed by atoms with van der Waals surface area (Å²) in [5, 5.41) is 6.81. The van der Waals surface area contributed by atoms with Gasteiger partial charge in [-0.25, -0.2) is 4.98 Å². The Hall–Kier alpha value is -4.28. The number of ether oxygens (including phenoxy) is 1. The minimum atomic E-state index is -0.500. The number of alkyl halides is 1. The maximum Gasteiger partial charge on any atom is 0.275 e. The maximum absolute atomic E-state index is 13.0. The van der Waals surface area contributed by atoms with Crippen LogP contribution in [-0.4, -0.2) is 67.7 Å². The lowest BCUT2D eigenvalue weighted by molar-refractivity contribution is 0.0796. The number of nitrogens with one attached hydrogen (secondary N) is 1. The first-order valence-corrected chi connectivity index (χ1v) is 11.1. The van der Waals surface area contributed by atoms with Crippen LogP contribution in [0.3, 0.4) is 0 Å². The van der Waals surface area contributed by atoms with E-state index in [1.807, 2.05) is 31.3 Å². The molecule has 182 valence electrons. The number of hydrogen-bond acceptors (Lipinski definition) is 6. The first-order chi connectivity index (χ1) is 16.9. The second-order valence-electron chi connectivity index (χ2n) is 7.87. The lowest BCUT2D eigenvalue weighted by atomic mass is 10.1. The third-order valence-corrected chi connectivity index (χ3v) is 5.45. The number of benzene rings is 1. The van der Waals surface area contributed by atoms with Crippen molar-refractivity contribution in [3.05, 3.63) is 60.2 Å². The summed E-state index contributed by atoms with van der Waals surface area (Å²) in [5.74, 6) is 0.506. The largest absolute Gasteiger partial charge is 0.493 e. The molecule has 0 aliphatic heterocycles. The fraction of sp³-hybridized carbons (Fsp3) is 0.292. The van der Waals surface area contributed by atoms with Crippen molar-refractivity contribution in [2.24, 2.45) is 7.05 Å². The molecule has 1 aromatic carbocycles. The zero-order valence-corrected chi connectivity index (χ0v) is 19.7. The summed E-state index contributed by atoms with van der Waals surface area (Å²) >= 11 is 0. The van der Waals surface area contributed by atoms with E-state index in [-0.39, 0.29) is 23.0 Å². The first-order valence-electron chi connectivity index (χ1n) is 11.1. The first kappa shape index (κ1) is 23.9. The Balaban J connectivity index is 1.55. The predicted octanol–water partition coefficient (Wildman–Crippen LogP) is 3.21. The molecule has 4 aromatic rings. The summed E-state index contributed by atoms with van der Waals surface area (Å²) in [5.41, 5.74) is 1.84. The van der Waals surface area contributed by atoms with Crippen LogP contribution in [-0.2, 0) is 7.05 Å². The van der Waals surface area contributed by atoms with E-state index in [1.54, 1.807) is 36.8 Å². The van der Waals surface area contributed by atoms with Crippen molar-refractivity contribution in [2.75, 3.05) is 32.2 Å². The van der Waals surface area contributed by atoms with E-state index in [0.717, 1.165) is 5.56 Å². The second-order valence-corrected chi connectivity index (χ2v) is 7.87. The molecule has 0 aliphatic rings. The van der Waals surface area contributed by atoms with Crippen LogP contribution >= 0.6 is 0 Å². The Bertz CT molecular complexity index is 1360. The van der Waals surface area contributed by atoms with Gasteiger partial charge in [-0.3, -0.25) is 23.1 Å². The minimum absolute atomic E-state index is 0.144. The van der Waals surface area contributed by atoms with Crippen molar-refractivity contribution < 1.29 is 18.7 Å². The van der Waals surface area contributed by atoms with Gasteiger partial charge in [-0.1, -0.05) is 12.1 Å². The number of rotatable bonds is 9. The van der Waals surface area contributed by atoms with Gasteiger partial charge in [-0.05, 0) is 25.1 Å². The van der Waals surface area contributed by atoms with Crippen molar-refractivity contribution in [2.45, 2.75) is 13.3 Å². The van der Waals surface area contributed by atoms with E-state index in [4.69, 9.17) is 4.74 Å². The van der Waals surface area contributed by atoms with Crippen LogP contribution in [0, 0.1) is 0 Å². The standard InChI is InChI=1S/C24H26FN7O3/c1-4-30(2)23(34)18-14-26-31(3)21(18)22(33)28-20-9-11-32-15-19(27-24(32)29-20)16-7-5-8-17(13-16)35-12-6-10-25/h5,7-9,11,13-15H,4,6,10,12H2,1-3H3,(H,27,28,29,33). The molecule has 0 atom stereocenters. The second kappa shape index (κ2) is 10.3. The number of hydrogen-bond donors (Lipinski definition) is 1. The Morgan fingerprint density at radius 2 is 2.06 bits per heavy atom. The van der Waals surface area contributed by atoms with Crippen LogP contribution in [0.4, 0.5) is 10.2 Å². The Kier molecular flexibility index (Phi) is 7.04. The minimum Gasteiger partial charge on any atom is -0.493 e. The summed E-state index contributed by atoms with van der Waals surface area (Å²) in [6.45, 7) is 2.23. The highest BCUT2D eigenvalue weighted by Gasteiger charge is 2.24. The van der Waals surface area contributed by atoms with Gasteiger partial charge in [0, 0.05) is 45.0 Å². The third kappa shape index (κ3) is 5.13. The average molecular weight is 480 g/mol. The van der Waals surface area contributed by atoms with Crippen molar-refractivity contribution in [3.8, 4) is 17.0 Å². The van der Waals surface area contributed by atoms with Crippen LogP contribution in [0.1, 0.15) is 34.2 Å². The molecular formula is C24H26FN7O3. The SMILES string of the molecule is CCN(C)C(=O)c1cnn(C)c1C(=O)Nc1ccn2cc(-c3cccc(OCCCF)c3)nc2n1. The molecule has 0 spiro atoms. The van der Waals surface area contributed by atoms with Crippen molar-refractivity contribution in [1.29, 1.82) is 0 Å². The number of carbonyl (C=O) groups excluding carboxylic acids is 2. The monoisotopic (exact) mass is 479 g/mol. The average Bonchev–Trinajstić information content (AvgIpc) is 3.46. The van der Waals surface area contributed by atoms with Gasteiger partial charge in [0.2, 0.25) is 5.78 Å². The van der Waals surface area contributed by atoms with Crippen LogP contribution in [0.2, 0.25) is 0 Å². The maximum atomic E-state index is 13.0. The van der Waals surface area contributed by atoms with Crippen LogP contribution in [0.25, 0.3) is 17.0 Å². The number of carbonyl (C=O) groups is 2. The molecular weight excluding hydrogens is 453 g/mol. The Morgan fingerprint density at radius 3 is 2.83 bits per heavy atom. The molecule has 11 heteroatoms. The van der Waals surface area contributed by atoms with Crippen molar-refractivity contribution in [1.82, 2.24) is 29.0 Å². The normalized spacial score (nSPS) is 11.0. The summed E-state index contributed by atoms with van der Waals surface area (Å²) in [6, 6.07) is 9.01. The topological polar surface area (TPSA) is 107 Å². The zero-order valence-electron chi connectivity index (χ0n) is 19.7. The fourth-order valence-electron chi connectivity index (χ4n) is 3.46. The lowest BCUT2D eigenvalue weighted by Crippen LogP contribution is -2.29. The molecule has 4 rings (SSSR count). The van der Waals surface area contributed by atoms with Gasteiger partial charge in [0.25, 0.3) is 11.8 Å². The number of halogens is 1. The molecule has 0 unspecified atom stereocenters. The molecule has 3 aromatic heterocycles. The van der Waals surface area contributed by atoms with Crippen molar-refractivity contribution in [3.63, 3.8) is 0 Å². The lowest BCUT2D eigenvalue weighted by Gasteiger charge is -2.14. The summed E-state index contributed by atoms with van der Waals surface area (Å²) in [6.07, 6.45) is 5.26. The van der Waals surface area contributed by atoms with Gasteiger partial charge in [-0.15, -0.1) is 0 Å². The van der Waals surface area contributed by atoms with Gasteiger partial charge in [0.1, 0.15) is 17.3 Å². The molecule has 0 aliphatic carbocycles. The third-order valence-electron chi connectivity index (χ3n) is 5.45. The Morgan fingerprint density at radius 1 is 1.23 bits per heavy atom. The highest BCUT2D eigenvalue weighted by Crippen LogP contribution is 2.24. The zero-order chi connectivity index (χ0) is 24.9. The van der Waals surface area contributed by atoms with E-state index in [2.05, 4.69) is 20.4 Å². The molecule has 0 saturated heterocycles. The van der Waals surface area contributed by atoms with Crippen molar-refractivity contribution >= 4 is 23.4 Å². The summed E-state index contributed by atoms with van der Waals surface area (Å²) in [7, 11) is 3.26. The van der Waals surface area contributed by atoms with Gasteiger partial charge in [0.15, 0.2) is 0 Å². The molecule has 35 heavy (non-hydrogen) atoms. The number of fused-ring (bicyclic) bond motifs is 1. The van der Waals surface area contributed by atoms with Gasteiger partial charge < -0.3 is 15.0 Å². The number of imidazole rings is 1. The summed E-state index contributed by atoms with van der Waals surface area (Å²) < 4.78 is 21.0. The predicted molar refractivity (Wildman–Crippen MR) is 128 cm³/mol. The molecule has 0 fully saturated rings. The molecule has 10 nitrogen and oxygen atoms in total. The fourth-order valence-corrected chi connectivity index (χ4v) is 3.46. The van der Waals surface area contributed by atoms with Crippen LogP contribution in [0.5, 0.6) is 5.75 Å². The quantitative estimate of drug-likeness (QED) is 0.370. The van der Waals surface area contributed by atoms with Gasteiger partial charge in [-0.2, -0.15) is 10.1 Å². The Labute approximate surface area is 201 Å². The molecule has 1 N–H and O–H groups in total. The highest BCUT2D eigenvalue weighted by molar-refractivity contribution is 6.10. The van der Waals surface area contributed by atoms with E-state index in [1.165, 1.54) is 15.8 Å². The number of nitrogens with zero attached hydrogens (tertiary/aromatic N) is 6. The molecule has 0 saturated carbocycles. The molecule has 2 amide bonds. The summed E-state index contributed by atoms with van der Waals surface area (Å²) in [4.78, 5) is 36.1. The number of aromatic nitrogens is 5. The number of anilines is 1. The number of aryl methyl sites for hydroxylation is 1. The van der Waals surface area contributed by atoms with E-state index in [9.17, 15) is 14.0 Å². The molecule has 0 bridgehead atoms. The number of amides is 2. The van der Waals surface area contributed by atoms with Gasteiger partial charge >= 0.3 is 0 Å². The van der Waals surface area contributed by atoms with Gasteiger partial charge in [0.05, 0.1) is 30.7 Å². The van der Waals surface area contributed by atoms with Crippen LogP contribution in [0.15, 0.2) is 48.9 Å².